The third-order valence-electron chi connectivity index (χ3n) is 3.76. The highest BCUT2D eigenvalue weighted by atomic mass is 16.1. The van der Waals surface area contributed by atoms with Crippen molar-refractivity contribution in [2.45, 2.75) is 20.3 Å². The number of fused-ring (bicyclic) bond motifs is 2. The van der Waals surface area contributed by atoms with Crippen molar-refractivity contribution in [2.75, 3.05) is 0 Å². The number of hydrogen-bond acceptors (Lipinski definition) is 2. The Morgan fingerprint density at radius 3 is 1.89 bits per heavy atom. The predicted molar refractivity (Wildman–Crippen MR) is 73.9 cm³/mol. The largest absolute Gasteiger partial charge is 0.289 e. The molecular formula is C17H14O2. The number of rotatable bonds is 1. The minimum Gasteiger partial charge on any atom is -0.289 e. The van der Waals surface area contributed by atoms with E-state index < -0.39 is 0 Å². The summed E-state index contributed by atoms with van der Waals surface area (Å²) in [6.07, 6.45) is 0.863. The van der Waals surface area contributed by atoms with Gasteiger partial charge in [-0.3, -0.25) is 9.59 Å². The maximum atomic E-state index is 12.5. The van der Waals surface area contributed by atoms with E-state index in [4.69, 9.17) is 0 Å². The van der Waals surface area contributed by atoms with Gasteiger partial charge < -0.3 is 0 Å². The van der Waals surface area contributed by atoms with E-state index in [9.17, 15) is 9.59 Å². The van der Waals surface area contributed by atoms with Crippen LogP contribution in [-0.2, 0) is 6.42 Å². The Hall–Kier alpha value is -2.22. The molecule has 94 valence electrons. The van der Waals surface area contributed by atoms with Crippen molar-refractivity contribution in [1.82, 2.24) is 0 Å². The predicted octanol–water partition coefficient (Wildman–Crippen LogP) is 3.33. The average Bonchev–Trinajstić information content (AvgIpc) is 2.44. The zero-order chi connectivity index (χ0) is 13.6. The fraction of sp³-hybridized carbons (Fsp3) is 0.176. The van der Waals surface area contributed by atoms with Crippen molar-refractivity contribution in [3.05, 3.63) is 69.8 Å². The lowest BCUT2D eigenvalue weighted by molar-refractivity contribution is 0.0979. The SMILES string of the molecule is CCc1cc2c(cc1C)C(=O)c1ccccc1C2=O. The molecule has 0 heterocycles. The van der Waals surface area contributed by atoms with Crippen LogP contribution in [0.25, 0.3) is 0 Å². The molecule has 0 N–H and O–H groups in total. The molecule has 19 heavy (non-hydrogen) atoms. The van der Waals surface area contributed by atoms with Crippen molar-refractivity contribution in [3.63, 3.8) is 0 Å². The molecule has 0 atom stereocenters. The van der Waals surface area contributed by atoms with Gasteiger partial charge in [0, 0.05) is 22.3 Å². The maximum absolute atomic E-state index is 12.5. The van der Waals surface area contributed by atoms with Crippen molar-refractivity contribution >= 4 is 11.6 Å². The van der Waals surface area contributed by atoms with E-state index in [-0.39, 0.29) is 11.6 Å². The van der Waals surface area contributed by atoms with Gasteiger partial charge in [0.05, 0.1) is 0 Å². The Morgan fingerprint density at radius 1 is 0.842 bits per heavy atom. The molecule has 2 nitrogen and oxygen atoms in total. The van der Waals surface area contributed by atoms with E-state index in [0.717, 1.165) is 17.5 Å². The van der Waals surface area contributed by atoms with E-state index >= 15 is 0 Å². The van der Waals surface area contributed by atoms with Crippen molar-refractivity contribution in [2.24, 2.45) is 0 Å². The van der Waals surface area contributed by atoms with Crippen LogP contribution in [0.2, 0.25) is 0 Å². The number of benzene rings is 2. The molecule has 1 aliphatic carbocycles. The third kappa shape index (κ3) is 1.64. The maximum Gasteiger partial charge on any atom is 0.194 e. The van der Waals surface area contributed by atoms with Gasteiger partial charge in [-0.2, -0.15) is 0 Å². The average molecular weight is 250 g/mol. The van der Waals surface area contributed by atoms with Gasteiger partial charge >= 0.3 is 0 Å². The van der Waals surface area contributed by atoms with Gasteiger partial charge in [0.2, 0.25) is 0 Å². The molecule has 0 aromatic heterocycles. The summed E-state index contributed by atoms with van der Waals surface area (Å²) < 4.78 is 0. The van der Waals surface area contributed by atoms with E-state index in [1.807, 2.05) is 19.1 Å². The van der Waals surface area contributed by atoms with Gasteiger partial charge in [0.15, 0.2) is 11.6 Å². The summed E-state index contributed by atoms with van der Waals surface area (Å²) in [5, 5.41) is 0. The van der Waals surface area contributed by atoms with Crippen molar-refractivity contribution in [1.29, 1.82) is 0 Å². The van der Waals surface area contributed by atoms with Crippen LogP contribution < -0.4 is 0 Å². The first-order valence-corrected chi connectivity index (χ1v) is 6.45. The summed E-state index contributed by atoms with van der Waals surface area (Å²) in [7, 11) is 0. The zero-order valence-electron chi connectivity index (χ0n) is 11.0. The first kappa shape index (κ1) is 11.8. The zero-order valence-corrected chi connectivity index (χ0v) is 11.0. The van der Waals surface area contributed by atoms with Crippen LogP contribution in [0.4, 0.5) is 0 Å². The number of carbonyl (C=O) groups excluding carboxylic acids is 2. The van der Waals surface area contributed by atoms with Gasteiger partial charge in [-0.05, 0) is 36.6 Å². The fourth-order valence-corrected chi connectivity index (χ4v) is 2.68. The molecular weight excluding hydrogens is 236 g/mol. The number of ketones is 2. The second-order valence-corrected chi connectivity index (χ2v) is 4.88. The highest BCUT2D eigenvalue weighted by molar-refractivity contribution is 6.28. The van der Waals surface area contributed by atoms with Gasteiger partial charge in [-0.1, -0.05) is 31.2 Å². The van der Waals surface area contributed by atoms with Crippen LogP contribution in [0.5, 0.6) is 0 Å². The molecule has 0 aliphatic heterocycles. The van der Waals surface area contributed by atoms with Gasteiger partial charge in [-0.15, -0.1) is 0 Å². The molecule has 1 aliphatic rings. The Labute approximate surface area is 112 Å². The Morgan fingerprint density at radius 2 is 1.37 bits per heavy atom. The summed E-state index contributed by atoms with van der Waals surface area (Å²) in [4.78, 5) is 24.9. The Kier molecular flexibility index (Phi) is 2.59. The molecule has 0 unspecified atom stereocenters. The Bertz CT molecular complexity index is 711. The molecule has 0 bridgehead atoms. The molecule has 0 saturated carbocycles. The van der Waals surface area contributed by atoms with Crippen molar-refractivity contribution < 1.29 is 9.59 Å². The van der Waals surface area contributed by atoms with E-state index in [2.05, 4.69) is 6.92 Å². The number of hydrogen-bond donors (Lipinski definition) is 0. The molecule has 0 saturated heterocycles. The van der Waals surface area contributed by atoms with Crippen LogP contribution in [0, 0.1) is 6.92 Å². The first-order valence-electron chi connectivity index (χ1n) is 6.45. The fourth-order valence-electron chi connectivity index (χ4n) is 2.68. The molecule has 2 aromatic carbocycles. The van der Waals surface area contributed by atoms with Crippen LogP contribution in [0.15, 0.2) is 36.4 Å². The van der Waals surface area contributed by atoms with Crippen molar-refractivity contribution in [3.8, 4) is 0 Å². The van der Waals surface area contributed by atoms with Crippen LogP contribution in [-0.4, -0.2) is 11.6 Å². The molecule has 0 fully saturated rings. The molecule has 3 rings (SSSR count). The molecule has 0 spiro atoms. The molecule has 0 radical (unpaired) electrons. The summed E-state index contributed by atoms with van der Waals surface area (Å²) in [5.74, 6) is -0.0872. The minimum atomic E-state index is -0.0454. The van der Waals surface area contributed by atoms with Gasteiger partial charge in [0.25, 0.3) is 0 Å². The van der Waals surface area contributed by atoms with E-state index in [1.54, 1.807) is 24.3 Å². The Balaban J connectivity index is 2.30. The highest BCUT2D eigenvalue weighted by Gasteiger charge is 2.29. The first-order chi connectivity index (χ1) is 9.13. The summed E-state index contributed by atoms with van der Waals surface area (Å²) >= 11 is 0. The quantitative estimate of drug-likeness (QED) is 0.664. The van der Waals surface area contributed by atoms with Crippen LogP contribution in [0.1, 0.15) is 49.9 Å². The molecule has 2 heteroatoms. The second kappa shape index (κ2) is 4.16. The standard InChI is InChI=1S/C17H14O2/c1-3-11-9-15-14(8-10(11)2)16(18)12-6-4-5-7-13(12)17(15)19/h4-9H,3H2,1-2H3. The monoisotopic (exact) mass is 250 g/mol. The topological polar surface area (TPSA) is 34.1 Å². The third-order valence-corrected chi connectivity index (χ3v) is 3.76. The summed E-state index contributed by atoms with van der Waals surface area (Å²) in [5.41, 5.74) is 4.32. The van der Waals surface area contributed by atoms with Crippen LogP contribution in [0.3, 0.4) is 0 Å². The smallest absolute Gasteiger partial charge is 0.194 e. The number of carbonyl (C=O) groups is 2. The van der Waals surface area contributed by atoms with Gasteiger partial charge in [-0.25, -0.2) is 0 Å². The summed E-state index contributed by atoms with van der Waals surface area (Å²) in [6.45, 7) is 4.04. The number of aryl methyl sites for hydroxylation is 2. The van der Waals surface area contributed by atoms with Crippen LogP contribution >= 0.6 is 0 Å². The second-order valence-electron chi connectivity index (χ2n) is 4.88. The van der Waals surface area contributed by atoms with E-state index in [1.165, 1.54) is 0 Å². The molecule has 0 amide bonds. The highest BCUT2D eigenvalue weighted by Crippen LogP contribution is 2.29. The lowest BCUT2D eigenvalue weighted by Crippen LogP contribution is -2.21. The molecule has 2 aromatic rings. The normalized spacial score (nSPS) is 13.2. The van der Waals surface area contributed by atoms with E-state index in [0.29, 0.717) is 22.3 Å². The minimum absolute atomic E-state index is 0.0418. The lowest BCUT2D eigenvalue weighted by Gasteiger charge is -2.19. The lowest BCUT2D eigenvalue weighted by atomic mass is 9.82. The van der Waals surface area contributed by atoms with Gasteiger partial charge in [0.1, 0.15) is 0 Å². The summed E-state index contributed by atoms with van der Waals surface area (Å²) in [6, 6.07) is 10.8.